The molecular weight excluding hydrogens is 350 g/mol. The minimum Gasteiger partial charge on any atom is -0.316 e. The van der Waals surface area contributed by atoms with Gasteiger partial charge in [0.25, 0.3) is 0 Å². The van der Waals surface area contributed by atoms with Crippen LogP contribution >= 0.6 is 12.4 Å². The Bertz CT molecular complexity index is 723. The number of carbonyl (C=O) groups is 1. The maximum absolute atomic E-state index is 12.9. The molecule has 2 aliphatic rings. The highest BCUT2D eigenvalue weighted by molar-refractivity contribution is 7.89. The molecule has 1 amide bonds. The highest BCUT2D eigenvalue weighted by Crippen LogP contribution is 2.31. The van der Waals surface area contributed by atoms with Gasteiger partial charge in [-0.25, -0.2) is 8.42 Å². The molecule has 2 heterocycles. The van der Waals surface area contributed by atoms with Gasteiger partial charge < -0.3 is 10.2 Å². The van der Waals surface area contributed by atoms with Gasteiger partial charge in [-0.05, 0) is 50.1 Å². The second-order valence-corrected chi connectivity index (χ2v) is 8.14. The van der Waals surface area contributed by atoms with Crippen LogP contribution in [0.2, 0.25) is 0 Å². The normalized spacial score (nSPS) is 21.2. The SMILES string of the molecule is CNC1CCCN(S(=O)(=O)c2ccc3c(c2)CCN3C(C)=O)C1.Cl. The second-order valence-electron chi connectivity index (χ2n) is 6.20. The van der Waals surface area contributed by atoms with Crippen molar-refractivity contribution in [1.29, 1.82) is 0 Å². The molecule has 0 radical (unpaired) electrons. The molecule has 24 heavy (non-hydrogen) atoms. The Kier molecular flexibility index (Phi) is 5.91. The fourth-order valence-corrected chi connectivity index (χ4v) is 4.99. The standard InChI is InChI=1S/C16H23N3O3S.ClH/c1-12(20)19-9-7-13-10-15(5-6-16(13)19)23(21,22)18-8-3-4-14(11-18)17-2;/h5-6,10,14,17H,3-4,7-9,11H2,1-2H3;1H. The van der Waals surface area contributed by atoms with Crippen molar-refractivity contribution in [1.82, 2.24) is 9.62 Å². The van der Waals surface area contributed by atoms with Gasteiger partial charge in [0.05, 0.1) is 4.90 Å². The zero-order chi connectivity index (χ0) is 16.6. The van der Waals surface area contributed by atoms with Crippen LogP contribution in [-0.4, -0.2) is 51.4 Å². The number of fused-ring (bicyclic) bond motifs is 1. The van der Waals surface area contributed by atoms with Crippen LogP contribution < -0.4 is 10.2 Å². The van der Waals surface area contributed by atoms with Gasteiger partial charge in [-0.3, -0.25) is 4.79 Å². The zero-order valence-electron chi connectivity index (χ0n) is 14.0. The number of hydrogen-bond acceptors (Lipinski definition) is 4. The van der Waals surface area contributed by atoms with Crippen LogP contribution in [-0.2, 0) is 21.2 Å². The Morgan fingerprint density at radius 2 is 2.04 bits per heavy atom. The number of hydrogen-bond donors (Lipinski definition) is 1. The van der Waals surface area contributed by atoms with Crippen LogP contribution in [0.5, 0.6) is 0 Å². The van der Waals surface area contributed by atoms with E-state index < -0.39 is 10.0 Å². The topological polar surface area (TPSA) is 69.7 Å². The summed E-state index contributed by atoms with van der Waals surface area (Å²) in [5.41, 5.74) is 1.77. The number of piperidine rings is 1. The summed E-state index contributed by atoms with van der Waals surface area (Å²) in [5.74, 6) is -0.00718. The van der Waals surface area contributed by atoms with Crippen molar-refractivity contribution < 1.29 is 13.2 Å². The predicted octanol–water partition coefficient (Wildman–Crippen LogP) is 1.39. The summed E-state index contributed by atoms with van der Waals surface area (Å²) in [6.45, 7) is 3.23. The van der Waals surface area contributed by atoms with Crippen molar-refractivity contribution in [3.05, 3.63) is 23.8 Å². The molecule has 3 rings (SSSR count). The molecule has 0 spiro atoms. The molecule has 1 aromatic carbocycles. The molecule has 1 N–H and O–H groups in total. The van der Waals surface area contributed by atoms with Gasteiger partial charge in [-0.2, -0.15) is 4.31 Å². The molecule has 1 fully saturated rings. The number of benzene rings is 1. The van der Waals surface area contributed by atoms with Gasteiger partial charge in [-0.1, -0.05) is 0 Å². The Labute approximate surface area is 149 Å². The molecule has 8 heteroatoms. The molecule has 0 saturated carbocycles. The quantitative estimate of drug-likeness (QED) is 0.869. The van der Waals surface area contributed by atoms with Crippen molar-refractivity contribution in [2.45, 2.75) is 37.1 Å². The molecular formula is C16H24ClN3O3S. The van der Waals surface area contributed by atoms with Crippen molar-refractivity contribution in [3.63, 3.8) is 0 Å². The maximum atomic E-state index is 12.9. The average molecular weight is 374 g/mol. The van der Waals surface area contributed by atoms with Crippen LogP contribution in [0.3, 0.4) is 0 Å². The number of likely N-dealkylation sites (N-methyl/N-ethyl adjacent to an activating group) is 1. The summed E-state index contributed by atoms with van der Waals surface area (Å²) in [6.07, 6.45) is 2.57. The van der Waals surface area contributed by atoms with E-state index in [0.717, 1.165) is 24.1 Å². The van der Waals surface area contributed by atoms with Crippen molar-refractivity contribution in [2.75, 3.05) is 31.6 Å². The van der Waals surface area contributed by atoms with Gasteiger partial charge in [0, 0.05) is 38.3 Å². The molecule has 1 atom stereocenters. The lowest BCUT2D eigenvalue weighted by atomic mass is 10.1. The van der Waals surface area contributed by atoms with E-state index in [2.05, 4.69) is 5.32 Å². The molecule has 0 aromatic heterocycles. The van der Waals surface area contributed by atoms with Gasteiger partial charge >= 0.3 is 0 Å². The number of amides is 1. The summed E-state index contributed by atoms with van der Waals surface area (Å²) in [7, 11) is -1.61. The van der Waals surface area contributed by atoms with Crippen LogP contribution in [0.25, 0.3) is 0 Å². The van der Waals surface area contributed by atoms with Gasteiger partial charge in [0.2, 0.25) is 15.9 Å². The first-order valence-corrected chi connectivity index (χ1v) is 9.46. The first-order valence-electron chi connectivity index (χ1n) is 8.02. The second kappa shape index (κ2) is 7.39. The van der Waals surface area contributed by atoms with E-state index in [1.165, 1.54) is 6.92 Å². The number of carbonyl (C=O) groups excluding carboxylic acids is 1. The van der Waals surface area contributed by atoms with E-state index in [-0.39, 0.29) is 24.4 Å². The smallest absolute Gasteiger partial charge is 0.243 e. The highest BCUT2D eigenvalue weighted by atomic mass is 35.5. The molecule has 134 valence electrons. The van der Waals surface area contributed by atoms with E-state index >= 15 is 0 Å². The third kappa shape index (κ3) is 3.44. The first kappa shape index (κ1) is 19.2. The van der Waals surface area contributed by atoms with E-state index in [1.807, 2.05) is 7.05 Å². The fourth-order valence-electron chi connectivity index (χ4n) is 3.41. The Hall–Kier alpha value is -1.15. The van der Waals surface area contributed by atoms with E-state index in [9.17, 15) is 13.2 Å². The maximum Gasteiger partial charge on any atom is 0.243 e. The third-order valence-corrected chi connectivity index (χ3v) is 6.62. The van der Waals surface area contributed by atoms with Gasteiger partial charge in [-0.15, -0.1) is 12.4 Å². The fraction of sp³-hybridized carbons (Fsp3) is 0.562. The van der Waals surface area contributed by atoms with E-state index in [0.29, 0.717) is 31.0 Å². The van der Waals surface area contributed by atoms with Crippen LogP contribution in [0.15, 0.2) is 23.1 Å². The van der Waals surface area contributed by atoms with Crippen LogP contribution in [0.1, 0.15) is 25.3 Å². The Balaban J connectivity index is 0.00000208. The summed E-state index contributed by atoms with van der Waals surface area (Å²) in [5, 5.41) is 3.17. The number of nitrogens with zero attached hydrogens (tertiary/aromatic N) is 2. The minimum absolute atomic E-state index is 0. The predicted molar refractivity (Wildman–Crippen MR) is 96.3 cm³/mol. The molecule has 0 bridgehead atoms. The molecule has 1 saturated heterocycles. The molecule has 2 aliphatic heterocycles. The summed E-state index contributed by atoms with van der Waals surface area (Å²) in [4.78, 5) is 13.6. The number of anilines is 1. The average Bonchev–Trinajstić information content (AvgIpc) is 2.98. The van der Waals surface area contributed by atoms with Crippen molar-refractivity contribution in [2.24, 2.45) is 0 Å². The van der Waals surface area contributed by atoms with Crippen molar-refractivity contribution in [3.8, 4) is 0 Å². The molecule has 1 unspecified atom stereocenters. The third-order valence-electron chi connectivity index (χ3n) is 4.76. The van der Waals surface area contributed by atoms with Gasteiger partial charge in [0.15, 0.2) is 0 Å². The van der Waals surface area contributed by atoms with E-state index in [1.54, 1.807) is 27.4 Å². The van der Waals surface area contributed by atoms with Gasteiger partial charge in [0.1, 0.15) is 0 Å². The largest absolute Gasteiger partial charge is 0.316 e. The molecule has 1 aromatic rings. The lowest BCUT2D eigenvalue weighted by Gasteiger charge is -2.31. The summed E-state index contributed by atoms with van der Waals surface area (Å²) in [6, 6.07) is 5.33. The van der Waals surface area contributed by atoms with E-state index in [4.69, 9.17) is 0 Å². The number of rotatable bonds is 3. The zero-order valence-corrected chi connectivity index (χ0v) is 15.6. The van der Waals surface area contributed by atoms with Crippen molar-refractivity contribution >= 4 is 34.0 Å². The molecule has 6 nitrogen and oxygen atoms in total. The highest BCUT2D eigenvalue weighted by Gasteiger charge is 2.31. The number of halogens is 1. The summed E-state index contributed by atoms with van der Waals surface area (Å²) < 4.78 is 27.3. The molecule has 0 aliphatic carbocycles. The number of nitrogens with one attached hydrogen (secondary N) is 1. The first-order chi connectivity index (χ1) is 10.9. The lowest BCUT2D eigenvalue weighted by Crippen LogP contribution is -2.46. The number of sulfonamides is 1. The van der Waals surface area contributed by atoms with Crippen LogP contribution in [0.4, 0.5) is 5.69 Å². The monoisotopic (exact) mass is 373 g/mol. The Morgan fingerprint density at radius 1 is 1.29 bits per heavy atom. The van der Waals surface area contributed by atoms with Crippen LogP contribution in [0, 0.1) is 0 Å². The minimum atomic E-state index is -3.47. The summed E-state index contributed by atoms with van der Waals surface area (Å²) >= 11 is 0. The Morgan fingerprint density at radius 3 is 2.71 bits per heavy atom. The lowest BCUT2D eigenvalue weighted by molar-refractivity contribution is -0.116.